The Morgan fingerprint density at radius 2 is 2.19 bits per heavy atom. The summed E-state index contributed by atoms with van der Waals surface area (Å²) in [6.07, 6.45) is 0.685. The van der Waals surface area contributed by atoms with Gasteiger partial charge in [-0.15, -0.1) is 0 Å². The lowest BCUT2D eigenvalue weighted by atomic mass is 9.81. The van der Waals surface area contributed by atoms with Crippen molar-refractivity contribution in [2.75, 3.05) is 25.0 Å². The summed E-state index contributed by atoms with van der Waals surface area (Å²) in [6, 6.07) is 7.70. The quantitative estimate of drug-likeness (QED) is 0.873. The number of carbonyl (C=O) groups is 2. The third kappa shape index (κ3) is 2.26. The van der Waals surface area contributed by atoms with Gasteiger partial charge in [0.05, 0.1) is 5.41 Å². The number of fused-ring (bicyclic) bond motifs is 2. The van der Waals surface area contributed by atoms with Gasteiger partial charge < -0.3 is 15.5 Å². The Kier molecular flexibility index (Phi) is 3.35. The van der Waals surface area contributed by atoms with E-state index < -0.39 is 5.41 Å². The lowest BCUT2D eigenvalue weighted by Crippen LogP contribution is -2.43. The van der Waals surface area contributed by atoms with Gasteiger partial charge in [0.25, 0.3) is 0 Å². The molecule has 5 nitrogen and oxygen atoms in total. The van der Waals surface area contributed by atoms with Crippen LogP contribution >= 0.6 is 0 Å². The summed E-state index contributed by atoms with van der Waals surface area (Å²) in [5, 5.41) is 5.87. The highest BCUT2D eigenvalue weighted by atomic mass is 16.2. The Labute approximate surface area is 124 Å². The summed E-state index contributed by atoms with van der Waals surface area (Å²) in [6.45, 7) is 5.86. The van der Waals surface area contributed by atoms with Crippen LogP contribution in [0.25, 0.3) is 0 Å². The number of anilines is 1. The highest BCUT2D eigenvalue weighted by molar-refractivity contribution is 6.07. The molecule has 1 aromatic rings. The van der Waals surface area contributed by atoms with Gasteiger partial charge >= 0.3 is 6.03 Å². The molecule has 21 heavy (non-hydrogen) atoms. The van der Waals surface area contributed by atoms with Crippen molar-refractivity contribution < 1.29 is 9.59 Å². The minimum Gasteiger partial charge on any atom is -0.338 e. The molecule has 0 unspecified atom stereocenters. The summed E-state index contributed by atoms with van der Waals surface area (Å²) in [4.78, 5) is 26.4. The van der Waals surface area contributed by atoms with Crippen molar-refractivity contribution in [3.63, 3.8) is 0 Å². The van der Waals surface area contributed by atoms with Crippen LogP contribution in [0, 0.1) is 5.92 Å². The second-order valence-electron chi connectivity index (χ2n) is 6.33. The number of nitrogens with zero attached hydrogens (tertiary/aromatic N) is 1. The van der Waals surface area contributed by atoms with Crippen molar-refractivity contribution in [2.24, 2.45) is 5.92 Å². The molecule has 3 rings (SSSR count). The van der Waals surface area contributed by atoms with Gasteiger partial charge in [0.1, 0.15) is 0 Å². The number of rotatable bonds is 2. The van der Waals surface area contributed by atoms with Crippen LogP contribution in [0.15, 0.2) is 24.3 Å². The van der Waals surface area contributed by atoms with Gasteiger partial charge in [0.15, 0.2) is 0 Å². The maximum atomic E-state index is 12.4. The van der Waals surface area contributed by atoms with Crippen LogP contribution in [-0.2, 0) is 10.2 Å². The lowest BCUT2D eigenvalue weighted by Gasteiger charge is -2.23. The molecule has 5 heteroatoms. The normalized spacial score (nSPS) is 23.6. The van der Waals surface area contributed by atoms with Crippen molar-refractivity contribution in [3.8, 4) is 0 Å². The second kappa shape index (κ2) is 5.06. The Hall–Kier alpha value is -2.04. The zero-order valence-corrected chi connectivity index (χ0v) is 12.5. The zero-order chi connectivity index (χ0) is 15.0. The molecule has 0 bridgehead atoms. The summed E-state index contributed by atoms with van der Waals surface area (Å²) < 4.78 is 0. The molecule has 112 valence electrons. The largest absolute Gasteiger partial charge is 0.338 e. The molecule has 0 saturated carbocycles. The van der Waals surface area contributed by atoms with Crippen molar-refractivity contribution in [2.45, 2.75) is 25.7 Å². The van der Waals surface area contributed by atoms with E-state index in [1.165, 1.54) is 0 Å². The number of hydrogen-bond acceptors (Lipinski definition) is 2. The molecule has 1 atom stereocenters. The number of nitrogens with one attached hydrogen (secondary N) is 2. The van der Waals surface area contributed by atoms with Gasteiger partial charge in [-0.25, -0.2) is 4.79 Å². The Morgan fingerprint density at radius 1 is 1.43 bits per heavy atom. The maximum Gasteiger partial charge on any atom is 0.317 e. The summed E-state index contributed by atoms with van der Waals surface area (Å²) >= 11 is 0. The van der Waals surface area contributed by atoms with E-state index in [1.54, 1.807) is 4.90 Å². The number of amides is 3. The number of hydrogen-bond donors (Lipinski definition) is 2. The number of urea groups is 1. The molecule has 2 N–H and O–H groups in total. The molecule has 2 heterocycles. The first-order chi connectivity index (χ1) is 10.0. The van der Waals surface area contributed by atoms with Gasteiger partial charge in [0, 0.05) is 25.3 Å². The maximum absolute atomic E-state index is 12.4. The van der Waals surface area contributed by atoms with Crippen LogP contribution in [-0.4, -0.2) is 36.5 Å². The van der Waals surface area contributed by atoms with Crippen molar-refractivity contribution in [3.05, 3.63) is 29.8 Å². The van der Waals surface area contributed by atoms with E-state index in [0.717, 1.165) is 11.3 Å². The van der Waals surface area contributed by atoms with Crippen molar-refractivity contribution >= 4 is 17.6 Å². The highest BCUT2D eigenvalue weighted by Crippen LogP contribution is 2.43. The van der Waals surface area contributed by atoms with Gasteiger partial charge in [-0.05, 0) is 24.0 Å². The van der Waals surface area contributed by atoms with Crippen LogP contribution in [0.2, 0.25) is 0 Å². The van der Waals surface area contributed by atoms with Gasteiger partial charge in [-0.1, -0.05) is 32.0 Å². The topological polar surface area (TPSA) is 61.4 Å². The SMILES string of the molecule is CC(C)CNC(=O)N1CC[C@]2(C1)C(=O)Nc1ccccc12. The van der Waals surface area contributed by atoms with Crippen LogP contribution in [0.1, 0.15) is 25.8 Å². The van der Waals surface area contributed by atoms with Gasteiger partial charge in [0.2, 0.25) is 5.91 Å². The predicted molar refractivity (Wildman–Crippen MR) is 81.2 cm³/mol. The molecule has 1 aromatic carbocycles. The third-order valence-electron chi connectivity index (χ3n) is 4.34. The van der Waals surface area contributed by atoms with E-state index in [9.17, 15) is 9.59 Å². The predicted octanol–water partition coefficient (Wildman–Crippen LogP) is 1.95. The van der Waals surface area contributed by atoms with E-state index in [2.05, 4.69) is 24.5 Å². The van der Waals surface area contributed by atoms with Gasteiger partial charge in [-0.3, -0.25) is 4.79 Å². The molecule has 0 radical (unpaired) electrons. The molecule has 0 aliphatic carbocycles. The first-order valence-electron chi connectivity index (χ1n) is 7.47. The van der Waals surface area contributed by atoms with E-state index in [4.69, 9.17) is 0 Å². The fraction of sp³-hybridized carbons (Fsp3) is 0.500. The Bertz CT molecular complexity index is 585. The first kappa shape index (κ1) is 13.9. The Morgan fingerprint density at radius 3 is 2.95 bits per heavy atom. The molecular weight excluding hydrogens is 266 g/mol. The third-order valence-corrected chi connectivity index (χ3v) is 4.34. The summed E-state index contributed by atoms with van der Waals surface area (Å²) in [5.41, 5.74) is 1.34. The molecule has 2 aliphatic rings. The number of benzene rings is 1. The van der Waals surface area contributed by atoms with Crippen molar-refractivity contribution in [1.82, 2.24) is 10.2 Å². The van der Waals surface area contributed by atoms with Crippen LogP contribution < -0.4 is 10.6 Å². The van der Waals surface area contributed by atoms with E-state index in [0.29, 0.717) is 32.0 Å². The molecular formula is C16H21N3O2. The average molecular weight is 287 g/mol. The van der Waals surface area contributed by atoms with Crippen molar-refractivity contribution in [1.29, 1.82) is 0 Å². The molecule has 1 spiro atoms. The first-order valence-corrected chi connectivity index (χ1v) is 7.47. The molecule has 1 fully saturated rings. The smallest absolute Gasteiger partial charge is 0.317 e. The summed E-state index contributed by atoms with van der Waals surface area (Å²) in [5.74, 6) is 0.434. The molecule has 0 aromatic heterocycles. The molecule has 1 saturated heterocycles. The zero-order valence-electron chi connectivity index (χ0n) is 12.5. The monoisotopic (exact) mass is 287 g/mol. The number of para-hydroxylation sites is 1. The van der Waals surface area contributed by atoms with Crippen LogP contribution in [0.3, 0.4) is 0 Å². The van der Waals surface area contributed by atoms with Crippen LogP contribution in [0.4, 0.5) is 10.5 Å². The minimum atomic E-state index is -0.564. The highest BCUT2D eigenvalue weighted by Gasteiger charge is 2.51. The fourth-order valence-electron chi connectivity index (χ4n) is 3.17. The number of likely N-dealkylation sites (tertiary alicyclic amines) is 1. The lowest BCUT2D eigenvalue weighted by molar-refractivity contribution is -0.120. The fourth-order valence-corrected chi connectivity index (χ4v) is 3.17. The minimum absolute atomic E-state index is 0.0165. The van der Waals surface area contributed by atoms with E-state index >= 15 is 0 Å². The van der Waals surface area contributed by atoms with E-state index in [1.807, 2.05) is 24.3 Å². The standard InChI is InChI=1S/C16H21N3O2/c1-11(2)9-17-15(21)19-8-7-16(10-19)12-5-3-4-6-13(12)18-14(16)20/h3-6,11H,7-10H2,1-2H3,(H,17,21)(H,18,20)/t16-/m1/s1. The number of carbonyl (C=O) groups excluding carboxylic acids is 2. The second-order valence-corrected chi connectivity index (χ2v) is 6.33. The Balaban J connectivity index is 1.77. The average Bonchev–Trinajstić information content (AvgIpc) is 3.02. The summed E-state index contributed by atoms with van der Waals surface area (Å²) in [7, 11) is 0. The van der Waals surface area contributed by atoms with Gasteiger partial charge in [-0.2, -0.15) is 0 Å². The molecule has 2 aliphatic heterocycles. The molecule has 3 amide bonds. The van der Waals surface area contributed by atoms with E-state index in [-0.39, 0.29) is 11.9 Å². The van der Waals surface area contributed by atoms with Crippen LogP contribution in [0.5, 0.6) is 0 Å².